The summed E-state index contributed by atoms with van der Waals surface area (Å²) in [5.41, 5.74) is 6.35. The van der Waals surface area contributed by atoms with E-state index in [0.29, 0.717) is 5.41 Å². The Balaban J connectivity index is 1.47. The monoisotopic (exact) mass is 291 g/mol. The van der Waals surface area contributed by atoms with E-state index in [1.165, 1.54) is 44.3 Å². The Hall–Kier alpha value is -0.700. The molecule has 1 aromatic rings. The smallest absolute Gasteiger partial charge is 0.147 e. The summed E-state index contributed by atoms with van der Waals surface area (Å²) >= 11 is 1.84. The highest BCUT2D eigenvalue weighted by Crippen LogP contribution is 2.61. The number of hydrogen-bond acceptors (Lipinski definition) is 2. The molecule has 3 heteroatoms. The van der Waals surface area contributed by atoms with Crippen molar-refractivity contribution in [3.8, 4) is 0 Å². The highest BCUT2D eigenvalue weighted by molar-refractivity contribution is 7.99. The predicted molar refractivity (Wildman–Crippen MR) is 82.1 cm³/mol. The molecule has 4 fully saturated rings. The number of thioether (sulfide) groups is 1. The van der Waals surface area contributed by atoms with Crippen molar-refractivity contribution in [2.45, 2.75) is 43.4 Å². The molecule has 0 spiro atoms. The molecule has 4 aliphatic rings. The highest BCUT2D eigenvalue weighted by atomic mass is 32.2. The van der Waals surface area contributed by atoms with Crippen molar-refractivity contribution < 1.29 is 4.39 Å². The Morgan fingerprint density at radius 3 is 2.25 bits per heavy atom. The van der Waals surface area contributed by atoms with Gasteiger partial charge in [0.05, 0.1) is 5.69 Å². The molecule has 0 aromatic heterocycles. The van der Waals surface area contributed by atoms with Gasteiger partial charge in [-0.25, -0.2) is 4.39 Å². The van der Waals surface area contributed by atoms with Crippen LogP contribution in [0.2, 0.25) is 0 Å². The van der Waals surface area contributed by atoms with Crippen molar-refractivity contribution in [3.05, 3.63) is 24.0 Å². The van der Waals surface area contributed by atoms with E-state index in [2.05, 4.69) is 0 Å². The van der Waals surface area contributed by atoms with Crippen LogP contribution in [0.3, 0.4) is 0 Å². The number of anilines is 1. The van der Waals surface area contributed by atoms with Gasteiger partial charge in [0.1, 0.15) is 5.82 Å². The quantitative estimate of drug-likeness (QED) is 0.644. The maximum absolute atomic E-state index is 13.5. The molecule has 0 saturated heterocycles. The van der Waals surface area contributed by atoms with Gasteiger partial charge >= 0.3 is 0 Å². The minimum Gasteiger partial charge on any atom is -0.396 e. The van der Waals surface area contributed by atoms with Gasteiger partial charge < -0.3 is 5.73 Å². The van der Waals surface area contributed by atoms with Crippen LogP contribution in [0.25, 0.3) is 0 Å². The van der Waals surface area contributed by atoms with E-state index in [-0.39, 0.29) is 11.5 Å². The summed E-state index contributed by atoms with van der Waals surface area (Å²) in [7, 11) is 0. The molecular formula is C17H22FNS. The van der Waals surface area contributed by atoms with E-state index < -0.39 is 0 Å². The van der Waals surface area contributed by atoms with Crippen LogP contribution in [0.5, 0.6) is 0 Å². The van der Waals surface area contributed by atoms with Crippen LogP contribution >= 0.6 is 11.8 Å². The first-order chi connectivity index (χ1) is 9.62. The molecule has 0 unspecified atom stereocenters. The minimum atomic E-state index is -0.277. The van der Waals surface area contributed by atoms with Gasteiger partial charge in [0, 0.05) is 10.6 Å². The molecule has 4 saturated carbocycles. The lowest BCUT2D eigenvalue weighted by Crippen LogP contribution is -2.47. The lowest BCUT2D eigenvalue weighted by Gasteiger charge is -2.56. The van der Waals surface area contributed by atoms with Crippen LogP contribution in [-0.2, 0) is 0 Å². The van der Waals surface area contributed by atoms with Crippen molar-refractivity contribution in [1.82, 2.24) is 0 Å². The standard InChI is InChI=1S/C17H22FNS/c18-15-6-14(1-2-16(15)19)20-10-17-7-11-3-12(8-17)5-13(4-11)9-17/h1-2,6,11-13H,3-5,7-10,19H2. The van der Waals surface area contributed by atoms with Gasteiger partial charge in [-0.05, 0) is 79.9 Å². The van der Waals surface area contributed by atoms with Crippen LogP contribution < -0.4 is 5.73 Å². The number of nitrogen functional groups attached to an aromatic ring is 1. The lowest BCUT2D eigenvalue weighted by atomic mass is 9.50. The first-order valence-corrected chi connectivity index (χ1v) is 8.78. The fourth-order valence-corrected chi connectivity index (χ4v) is 6.48. The third-order valence-electron chi connectivity index (χ3n) is 5.68. The Kier molecular flexibility index (Phi) is 3.03. The molecule has 2 N–H and O–H groups in total. The van der Waals surface area contributed by atoms with Gasteiger partial charge in [-0.1, -0.05) is 0 Å². The fraction of sp³-hybridized carbons (Fsp3) is 0.647. The summed E-state index contributed by atoms with van der Waals surface area (Å²) in [4.78, 5) is 1.03. The second kappa shape index (κ2) is 4.66. The summed E-state index contributed by atoms with van der Waals surface area (Å²) in [5.74, 6) is 3.86. The van der Waals surface area contributed by atoms with Crippen LogP contribution in [0.15, 0.2) is 23.1 Å². The molecule has 0 atom stereocenters. The molecule has 0 aliphatic heterocycles. The Labute approximate surface area is 124 Å². The number of benzene rings is 1. The second-order valence-corrected chi connectivity index (χ2v) is 8.44. The Morgan fingerprint density at radius 1 is 1.10 bits per heavy atom. The first-order valence-electron chi connectivity index (χ1n) is 7.80. The maximum atomic E-state index is 13.5. The third kappa shape index (κ3) is 2.24. The summed E-state index contributed by atoms with van der Waals surface area (Å²) in [6.07, 6.45) is 8.72. The molecule has 0 amide bonds. The van der Waals surface area contributed by atoms with Crippen LogP contribution in [-0.4, -0.2) is 5.75 Å². The van der Waals surface area contributed by atoms with E-state index in [1.807, 2.05) is 17.8 Å². The number of nitrogens with two attached hydrogens (primary N) is 1. The fourth-order valence-electron chi connectivity index (χ4n) is 5.30. The predicted octanol–water partition coefficient (Wildman–Crippen LogP) is 4.72. The van der Waals surface area contributed by atoms with Crippen molar-refractivity contribution >= 4 is 17.4 Å². The van der Waals surface area contributed by atoms with E-state index in [9.17, 15) is 4.39 Å². The van der Waals surface area contributed by atoms with E-state index in [0.717, 1.165) is 22.6 Å². The SMILES string of the molecule is Nc1ccc(SCC23CC4CC(CC(C4)C2)C3)cc1F. The molecule has 1 nitrogen and oxygen atoms in total. The van der Waals surface area contributed by atoms with Crippen LogP contribution in [0.4, 0.5) is 10.1 Å². The van der Waals surface area contributed by atoms with Gasteiger partial charge in [0.15, 0.2) is 0 Å². The van der Waals surface area contributed by atoms with Crippen LogP contribution in [0, 0.1) is 29.0 Å². The largest absolute Gasteiger partial charge is 0.396 e. The number of rotatable bonds is 3. The molecule has 20 heavy (non-hydrogen) atoms. The van der Waals surface area contributed by atoms with Gasteiger partial charge in [-0.2, -0.15) is 0 Å². The van der Waals surface area contributed by atoms with E-state index in [4.69, 9.17) is 5.73 Å². The second-order valence-electron chi connectivity index (χ2n) is 7.39. The Bertz CT molecular complexity index is 492. The summed E-state index contributed by atoms with van der Waals surface area (Å²) < 4.78 is 13.5. The van der Waals surface area contributed by atoms with Crippen molar-refractivity contribution in [2.75, 3.05) is 11.5 Å². The van der Waals surface area contributed by atoms with Gasteiger partial charge in [0.25, 0.3) is 0 Å². The van der Waals surface area contributed by atoms with Crippen LogP contribution in [0.1, 0.15) is 38.5 Å². The van der Waals surface area contributed by atoms with Gasteiger partial charge in [-0.15, -0.1) is 11.8 Å². The maximum Gasteiger partial charge on any atom is 0.147 e. The average Bonchev–Trinajstić information content (AvgIpc) is 2.39. The molecule has 1 aromatic carbocycles. The van der Waals surface area contributed by atoms with Crippen molar-refractivity contribution in [3.63, 3.8) is 0 Å². The summed E-state index contributed by atoms with van der Waals surface area (Å²) in [6.45, 7) is 0. The highest BCUT2D eigenvalue weighted by Gasteiger charge is 2.50. The molecule has 4 bridgehead atoms. The lowest BCUT2D eigenvalue weighted by molar-refractivity contribution is -0.0381. The number of halogens is 1. The molecule has 4 aliphatic carbocycles. The number of hydrogen-bond donors (Lipinski definition) is 1. The van der Waals surface area contributed by atoms with Crippen molar-refractivity contribution in [1.29, 1.82) is 0 Å². The molecule has 5 rings (SSSR count). The average molecular weight is 291 g/mol. The van der Waals surface area contributed by atoms with E-state index in [1.54, 1.807) is 12.1 Å². The zero-order chi connectivity index (χ0) is 13.7. The zero-order valence-electron chi connectivity index (χ0n) is 11.8. The topological polar surface area (TPSA) is 26.0 Å². The third-order valence-corrected chi connectivity index (χ3v) is 7.03. The van der Waals surface area contributed by atoms with Crippen molar-refractivity contribution in [2.24, 2.45) is 23.2 Å². The van der Waals surface area contributed by atoms with Gasteiger partial charge in [-0.3, -0.25) is 0 Å². The summed E-state index contributed by atoms with van der Waals surface area (Å²) in [6, 6.07) is 5.25. The Morgan fingerprint density at radius 2 is 1.70 bits per heavy atom. The zero-order valence-corrected chi connectivity index (χ0v) is 12.6. The molecule has 0 radical (unpaired) electrons. The summed E-state index contributed by atoms with van der Waals surface area (Å²) in [5, 5.41) is 0. The van der Waals surface area contributed by atoms with E-state index >= 15 is 0 Å². The van der Waals surface area contributed by atoms with Gasteiger partial charge in [0.2, 0.25) is 0 Å². The molecular weight excluding hydrogens is 269 g/mol. The minimum absolute atomic E-state index is 0.254. The normalized spacial score (nSPS) is 38.4. The molecule has 0 heterocycles. The first kappa shape index (κ1) is 13.0. The molecule has 108 valence electrons.